The Morgan fingerprint density at radius 3 is 2.61 bits per heavy atom. The van der Waals surface area contributed by atoms with E-state index in [2.05, 4.69) is 10.3 Å². The average molecular weight is 322 g/mol. The number of benzene rings is 1. The minimum absolute atomic E-state index is 0.0928. The molecule has 0 spiro atoms. The van der Waals surface area contributed by atoms with E-state index in [-0.39, 0.29) is 17.5 Å². The Kier molecular flexibility index (Phi) is 4.82. The minimum Gasteiger partial charge on any atom is -0.445 e. The summed E-state index contributed by atoms with van der Waals surface area (Å²) in [5.41, 5.74) is 0.356. The maximum Gasteiger partial charge on any atom is 0.224 e. The highest BCUT2D eigenvalue weighted by molar-refractivity contribution is 5.90. The number of nitrogens with one attached hydrogen (secondary N) is 1. The fourth-order valence-electron chi connectivity index (χ4n) is 2.01. The molecule has 0 bridgehead atoms. The summed E-state index contributed by atoms with van der Waals surface area (Å²) in [4.78, 5) is 16.3. The van der Waals surface area contributed by atoms with Gasteiger partial charge < -0.3 is 9.73 Å². The number of halogens is 2. The third-order valence-corrected chi connectivity index (χ3v) is 3.32. The van der Waals surface area contributed by atoms with E-state index in [1.807, 2.05) is 27.7 Å². The van der Waals surface area contributed by atoms with Crippen molar-refractivity contribution >= 4 is 11.6 Å². The van der Waals surface area contributed by atoms with Crippen molar-refractivity contribution in [2.24, 2.45) is 0 Å². The Balaban J connectivity index is 2.00. The van der Waals surface area contributed by atoms with Crippen LogP contribution in [0.1, 0.15) is 44.5 Å². The lowest BCUT2D eigenvalue weighted by Crippen LogP contribution is -2.13. The largest absolute Gasteiger partial charge is 0.445 e. The number of aromatic nitrogens is 1. The predicted octanol–water partition coefficient (Wildman–Crippen LogP) is 4.13. The molecule has 124 valence electrons. The van der Waals surface area contributed by atoms with Gasteiger partial charge in [0.05, 0.1) is 11.4 Å². The van der Waals surface area contributed by atoms with Crippen LogP contribution in [-0.4, -0.2) is 10.9 Å². The van der Waals surface area contributed by atoms with Gasteiger partial charge in [0.15, 0.2) is 5.89 Å². The number of rotatable bonds is 4. The van der Waals surface area contributed by atoms with Crippen LogP contribution in [0, 0.1) is 18.6 Å². The number of carbonyl (C=O) groups is 1. The highest BCUT2D eigenvalue weighted by Crippen LogP contribution is 2.24. The van der Waals surface area contributed by atoms with Crippen LogP contribution in [0.4, 0.5) is 14.5 Å². The zero-order valence-corrected chi connectivity index (χ0v) is 13.7. The molecule has 1 aromatic carbocycles. The number of carbonyl (C=O) groups excluding carboxylic acids is 1. The van der Waals surface area contributed by atoms with Crippen molar-refractivity contribution in [3.63, 3.8) is 0 Å². The normalized spacial score (nSPS) is 11.6. The second-order valence-corrected chi connectivity index (χ2v) is 6.45. The molecule has 0 atom stereocenters. The summed E-state index contributed by atoms with van der Waals surface area (Å²) in [7, 11) is 0. The number of amides is 1. The average Bonchev–Trinajstić information content (AvgIpc) is 2.82. The van der Waals surface area contributed by atoms with Crippen LogP contribution < -0.4 is 5.32 Å². The molecule has 2 aromatic rings. The van der Waals surface area contributed by atoms with Crippen molar-refractivity contribution in [3.05, 3.63) is 47.2 Å². The van der Waals surface area contributed by atoms with Gasteiger partial charge in [0, 0.05) is 24.3 Å². The molecule has 23 heavy (non-hydrogen) atoms. The number of hydrogen-bond donors (Lipinski definition) is 1. The molecule has 6 heteroatoms. The number of aryl methyl sites for hydroxylation is 2. The van der Waals surface area contributed by atoms with Crippen molar-refractivity contribution in [1.29, 1.82) is 0 Å². The third-order valence-electron chi connectivity index (χ3n) is 3.32. The van der Waals surface area contributed by atoms with Crippen LogP contribution in [0.15, 0.2) is 22.6 Å². The van der Waals surface area contributed by atoms with Gasteiger partial charge in [-0.05, 0) is 19.1 Å². The topological polar surface area (TPSA) is 55.1 Å². The minimum atomic E-state index is -0.675. The molecule has 0 saturated heterocycles. The molecular weight excluding hydrogens is 302 g/mol. The first-order chi connectivity index (χ1) is 10.7. The summed E-state index contributed by atoms with van der Waals surface area (Å²) in [6, 6.07) is 2.92. The van der Waals surface area contributed by atoms with Gasteiger partial charge in [0.25, 0.3) is 0 Å². The molecule has 4 nitrogen and oxygen atoms in total. The van der Waals surface area contributed by atoms with Gasteiger partial charge in [-0.25, -0.2) is 13.8 Å². The monoisotopic (exact) mass is 322 g/mol. The molecular formula is C17H20F2N2O2. The van der Waals surface area contributed by atoms with Gasteiger partial charge >= 0.3 is 0 Å². The van der Waals surface area contributed by atoms with E-state index in [9.17, 15) is 13.6 Å². The molecule has 0 aliphatic rings. The van der Waals surface area contributed by atoms with E-state index in [1.54, 1.807) is 0 Å². The zero-order valence-electron chi connectivity index (χ0n) is 13.7. The van der Waals surface area contributed by atoms with Gasteiger partial charge in [0.2, 0.25) is 5.91 Å². The van der Waals surface area contributed by atoms with E-state index in [0.29, 0.717) is 18.1 Å². The van der Waals surface area contributed by atoms with Gasteiger partial charge in [-0.2, -0.15) is 0 Å². The lowest BCUT2D eigenvalue weighted by atomic mass is 9.97. The summed E-state index contributed by atoms with van der Waals surface area (Å²) in [6.07, 6.45) is 0.438. The lowest BCUT2D eigenvalue weighted by molar-refractivity contribution is -0.116. The molecule has 0 aliphatic heterocycles. The Labute approximate surface area is 133 Å². The molecule has 0 fully saturated rings. The number of anilines is 1. The Bertz CT molecular complexity index is 718. The molecule has 0 radical (unpaired) electrons. The molecule has 1 amide bonds. The second-order valence-electron chi connectivity index (χ2n) is 6.45. The van der Waals surface area contributed by atoms with Crippen LogP contribution in [0.2, 0.25) is 0 Å². The van der Waals surface area contributed by atoms with Crippen molar-refractivity contribution in [1.82, 2.24) is 4.98 Å². The standard InChI is InChI=1S/C17H20F2N2O2/c1-10-14(23-16(20-10)17(2,3)4)7-8-15(22)21-13-9-11(18)5-6-12(13)19/h5-6,9H,7-8H2,1-4H3,(H,21,22). The van der Waals surface area contributed by atoms with Crippen molar-refractivity contribution in [2.75, 3.05) is 5.32 Å². The van der Waals surface area contributed by atoms with Gasteiger partial charge in [-0.1, -0.05) is 20.8 Å². The van der Waals surface area contributed by atoms with E-state index in [1.165, 1.54) is 0 Å². The van der Waals surface area contributed by atoms with Crippen LogP contribution >= 0.6 is 0 Å². The molecule has 0 unspecified atom stereocenters. The molecule has 1 N–H and O–H groups in total. The van der Waals surface area contributed by atoms with E-state index in [0.717, 1.165) is 23.9 Å². The number of nitrogens with zero attached hydrogens (tertiary/aromatic N) is 1. The first-order valence-electron chi connectivity index (χ1n) is 7.38. The third kappa shape index (κ3) is 4.37. The number of hydrogen-bond acceptors (Lipinski definition) is 3. The molecule has 1 aromatic heterocycles. The van der Waals surface area contributed by atoms with Crippen LogP contribution in [0.3, 0.4) is 0 Å². The van der Waals surface area contributed by atoms with Crippen molar-refractivity contribution in [2.45, 2.75) is 46.0 Å². The quantitative estimate of drug-likeness (QED) is 0.921. The van der Waals surface area contributed by atoms with E-state index >= 15 is 0 Å². The van der Waals surface area contributed by atoms with Gasteiger partial charge in [-0.3, -0.25) is 4.79 Å². The summed E-state index contributed by atoms with van der Waals surface area (Å²) < 4.78 is 32.3. The maximum atomic E-state index is 13.5. The molecule has 0 aliphatic carbocycles. The Morgan fingerprint density at radius 2 is 2.00 bits per heavy atom. The summed E-state index contributed by atoms with van der Waals surface area (Å²) in [5.74, 6) is -0.456. The highest BCUT2D eigenvalue weighted by atomic mass is 19.1. The fourth-order valence-corrected chi connectivity index (χ4v) is 2.01. The molecule has 0 saturated carbocycles. The smallest absolute Gasteiger partial charge is 0.224 e. The molecule has 1 heterocycles. The van der Waals surface area contributed by atoms with Crippen molar-refractivity contribution < 1.29 is 18.0 Å². The van der Waals surface area contributed by atoms with Crippen LogP contribution in [-0.2, 0) is 16.6 Å². The SMILES string of the molecule is Cc1nc(C(C)(C)C)oc1CCC(=O)Nc1cc(F)ccc1F. The Hall–Kier alpha value is -2.24. The molecule has 2 rings (SSSR count). The maximum absolute atomic E-state index is 13.5. The zero-order chi connectivity index (χ0) is 17.2. The second kappa shape index (κ2) is 6.48. The first-order valence-corrected chi connectivity index (χ1v) is 7.38. The first kappa shape index (κ1) is 17.1. The van der Waals surface area contributed by atoms with Crippen molar-refractivity contribution in [3.8, 4) is 0 Å². The predicted molar refractivity (Wildman–Crippen MR) is 83.2 cm³/mol. The summed E-state index contributed by atoms with van der Waals surface area (Å²) in [5, 5.41) is 2.36. The van der Waals surface area contributed by atoms with E-state index in [4.69, 9.17) is 4.42 Å². The van der Waals surface area contributed by atoms with Gasteiger partial charge in [0.1, 0.15) is 17.4 Å². The fraction of sp³-hybridized carbons (Fsp3) is 0.412. The van der Waals surface area contributed by atoms with E-state index < -0.39 is 17.5 Å². The summed E-state index contributed by atoms with van der Waals surface area (Å²) >= 11 is 0. The lowest BCUT2D eigenvalue weighted by Gasteiger charge is -2.12. The Morgan fingerprint density at radius 1 is 1.30 bits per heavy atom. The van der Waals surface area contributed by atoms with Gasteiger partial charge in [-0.15, -0.1) is 0 Å². The highest BCUT2D eigenvalue weighted by Gasteiger charge is 2.22. The number of oxazole rings is 1. The summed E-state index contributed by atoms with van der Waals surface area (Å²) in [6.45, 7) is 7.78. The van der Waals surface area contributed by atoms with Crippen LogP contribution in [0.25, 0.3) is 0 Å². The van der Waals surface area contributed by atoms with Crippen LogP contribution in [0.5, 0.6) is 0 Å².